The first-order valence-electron chi connectivity index (χ1n) is 6.16. The molecule has 4 N–H and O–H groups in total. The minimum atomic E-state index is -0.352. The number of carbonyl (C=O) groups excluding carboxylic acids is 1. The van der Waals surface area contributed by atoms with Crippen LogP contribution in [0.4, 0.5) is 0 Å². The molecule has 2 aromatic carbocycles. The van der Waals surface area contributed by atoms with E-state index in [1.807, 2.05) is 0 Å². The lowest BCUT2D eigenvalue weighted by molar-refractivity contribution is -0.120. The molecule has 0 unspecified atom stereocenters. The molecular weight excluding hydrogens is 272 g/mol. The summed E-state index contributed by atoms with van der Waals surface area (Å²) in [4.78, 5) is 11.6. The molecular formula is C15H14N2O4. The minimum Gasteiger partial charge on any atom is -0.508 e. The molecule has 0 fully saturated rings. The van der Waals surface area contributed by atoms with Crippen LogP contribution < -0.4 is 5.43 Å². The number of amides is 1. The molecule has 108 valence electrons. The molecule has 0 atom stereocenters. The van der Waals surface area contributed by atoms with Gasteiger partial charge in [0.05, 0.1) is 12.6 Å². The lowest BCUT2D eigenvalue weighted by Gasteiger charge is -2.02. The topological polar surface area (TPSA) is 102 Å². The number of hydrogen-bond donors (Lipinski definition) is 4. The maximum atomic E-state index is 11.6. The van der Waals surface area contributed by atoms with Crippen LogP contribution in [0.1, 0.15) is 11.1 Å². The van der Waals surface area contributed by atoms with Crippen molar-refractivity contribution in [3.05, 3.63) is 53.6 Å². The molecule has 0 saturated heterocycles. The Hall–Kier alpha value is -3.02. The quantitative estimate of drug-likeness (QED) is 0.505. The van der Waals surface area contributed by atoms with Crippen molar-refractivity contribution in [2.45, 2.75) is 6.42 Å². The zero-order valence-corrected chi connectivity index (χ0v) is 11.0. The zero-order chi connectivity index (χ0) is 15.2. The van der Waals surface area contributed by atoms with Crippen molar-refractivity contribution < 1.29 is 20.1 Å². The lowest BCUT2D eigenvalue weighted by atomic mass is 10.1. The van der Waals surface area contributed by atoms with E-state index in [0.717, 1.165) is 0 Å². The molecule has 0 heterocycles. The predicted octanol–water partition coefficient (Wildman–Crippen LogP) is 1.50. The average Bonchev–Trinajstić information content (AvgIpc) is 2.41. The van der Waals surface area contributed by atoms with E-state index in [-0.39, 0.29) is 29.6 Å². The number of nitrogens with zero attached hydrogens (tertiary/aromatic N) is 1. The first-order valence-corrected chi connectivity index (χ1v) is 6.16. The van der Waals surface area contributed by atoms with E-state index in [4.69, 9.17) is 5.11 Å². The number of rotatable bonds is 4. The third-order valence-electron chi connectivity index (χ3n) is 2.68. The van der Waals surface area contributed by atoms with Gasteiger partial charge in [-0.3, -0.25) is 4.79 Å². The van der Waals surface area contributed by atoms with Gasteiger partial charge in [0, 0.05) is 11.6 Å². The molecule has 0 aliphatic rings. The van der Waals surface area contributed by atoms with E-state index in [2.05, 4.69) is 10.5 Å². The summed E-state index contributed by atoms with van der Waals surface area (Å²) in [5, 5.41) is 31.7. The third-order valence-corrected chi connectivity index (χ3v) is 2.68. The average molecular weight is 286 g/mol. The summed E-state index contributed by atoms with van der Waals surface area (Å²) < 4.78 is 0. The summed E-state index contributed by atoms with van der Waals surface area (Å²) in [5.74, 6) is -0.452. The van der Waals surface area contributed by atoms with E-state index < -0.39 is 0 Å². The van der Waals surface area contributed by atoms with Gasteiger partial charge >= 0.3 is 0 Å². The number of carbonyl (C=O) groups is 1. The Balaban J connectivity index is 1.93. The summed E-state index contributed by atoms with van der Waals surface area (Å²) in [6.45, 7) is 0. The number of aromatic hydroxyl groups is 3. The van der Waals surface area contributed by atoms with Crippen LogP contribution in [0.15, 0.2) is 47.6 Å². The highest BCUT2D eigenvalue weighted by Gasteiger charge is 2.03. The highest BCUT2D eigenvalue weighted by atomic mass is 16.3. The minimum absolute atomic E-state index is 0.0578. The SMILES string of the molecule is O=C(Cc1cccc(O)c1)NN=Cc1ccc(O)cc1O. The van der Waals surface area contributed by atoms with Crippen molar-refractivity contribution >= 4 is 12.1 Å². The van der Waals surface area contributed by atoms with Crippen molar-refractivity contribution in [3.63, 3.8) is 0 Å². The summed E-state index contributed by atoms with van der Waals surface area (Å²) in [6.07, 6.45) is 1.35. The molecule has 0 radical (unpaired) electrons. The fourth-order valence-electron chi connectivity index (χ4n) is 1.71. The van der Waals surface area contributed by atoms with Gasteiger partial charge < -0.3 is 15.3 Å². The van der Waals surface area contributed by atoms with Gasteiger partial charge in [0.25, 0.3) is 0 Å². The Morgan fingerprint density at radius 2 is 1.86 bits per heavy atom. The summed E-state index contributed by atoms with van der Waals surface area (Å²) in [6, 6.07) is 10.4. The van der Waals surface area contributed by atoms with Gasteiger partial charge in [-0.05, 0) is 29.8 Å². The molecule has 6 nitrogen and oxygen atoms in total. The predicted molar refractivity (Wildman–Crippen MR) is 77.3 cm³/mol. The molecule has 0 aliphatic carbocycles. The van der Waals surface area contributed by atoms with Crippen LogP contribution in [0.5, 0.6) is 17.2 Å². The van der Waals surface area contributed by atoms with Gasteiger partial charge in [0.2, 0.25) is 5.91 Å². The molecule has 1 amide bonds. The maximum Gasteiger partial charge on any atom is 0.244 e. The highest BCUT2D eigenvalue weighted by molar-refractivity contribution is 5.85. The van der Waals surface area contributed by atoms with Gasteiger partial charge in [-0.1, -0.05) is 12.1 Å². The molecule has 2 aromatic rings. The lowest BCUT2D eigenvalue weighted by Crippen LogP contribution is -2.19. The van der Waals surface area contributed by atoms with Crippen molar-refractivity contribution in [1.82, 2.24) is 5.43 Å². The molecule has 21 heavy (non-hydrogen) atoms. The van der Waals surface area contributed by atoms with Crippen LogP contribution in [-0.2, 0) is 11.2 Å². The fourth-order valence-corrected chi connectivity index (χ4v) is 1.71. The van der Waals surface area contributed by atoms with Crippen LogP contribution in [0.2, 0.25) is 0 Å². The number of benzene rings is 2. The normalized spacial score (nSPS) is 10.7. The molecule has 0 saturated carbocycles. The number of hydrazone groups is 1. The standard InChI is InChI=1S/C15H14N2O4/c18-12-3-1-2-10(6-12)7-15(21)17-16-9-11-4-5-13(19)8-14(11)20/h1-6,8-9,18-20H,7H2,(H,17,21). The Morgan fingerprint density at radius 1 is 1.10 bits per heavy atom. The Morgan fingerprint density at radius 3 is 2.57 bits per heavy atom. The van der Waals surface area contributed by atoms with Crippen LogP contribution in [-0.4, -0.2) is 27.4 Å². The Kier molecular flexibility index (Phi) is 4.40. The van der Waals surface area contributed by atoms with Crippen molar-refractivity contribution in [2.24, 2.45) is 5.10 Å². The van der Waals surface area contributed by atoms with Crippen LogP contribution >= 0.6 is 0 Å². The number of phenolic OH excluding ortho intramolecular Hbond substituents is 3. The van der Waals surface area contributed by atoms with E-state index in [1.54, 1.807) is 12.1 Å². The summed E-state index contributed by atoms with van der Waals surface area (Å²) in [5.41, 5.74) is 3.34. The fraction of sp³-hybridized carbons (Fsp3) is 0.0667. The summed E-state index contributed by atoms with van der Waals surface area (Å²) in [7, 11) is 0. The number of nitrogens with one attached hydrogen (secondary N) is 1. The molecule has 0 aromatic heterocycles. The van der Waals surface area contributed by atoms with Crippen molar-refractivity contribution in [1.29, 1.82) is 0 Å². The highest BCUT2D eigenvalue weighted by Crippen LogP contribution is 2.20. The van der Waals surface area contributed by atoms with Gasteiger partial charge in [-0.25, -0.2) is 5.43 Å². The number of phenols is 3. The van der Waals surface area contributed by atoms with Crippen molar-refractivity contribution in [3.8, 4) is 17.2 Å². The van der Waals surface area contributed by atoms with Crippen LogP contribution in [0.25, 0.3) is 0 Å². The first-order chi connectivity index (χ1) is 10.0. The Labute approximate surface area is 121 Å². The van der Waals surface area contributed by atoms with E-state index in [1.165, 1.54) is 36.5 Å². The van der Waals surface area contributed by atoms with E-state index in [9.17, 15) is 15.0 Å². The van der Waals surface area contributed by atoms with Crippen LogP contribution in [0.3, 0.4) is 0 Å². The summed E-state index contributed by atoms with van der Waals surface area (Å²) >= 11 is 0. The molecule has 0 aliphatic heterocycles. The second kappa shape index (κ2) is 6.42. The first kappa shape index (κ1) is 14.4. The monoisotopic (exact) mass is 286 g/mol. The second-order valence-electron chi connectivity index (χ2n) is 4.38. The zero-order valence-electron chi connectivity index (χ0n) is 11.0. The van der Waals surface area contributed by atoms with Crippen molar-refractivity contribution in [2.75, 3.05) is 0 Å². The smallest absolute Gasteiger partial charge is 0.244 e. The van der Waals surface area contributed by atoms with Crippen LogP contribution in [0, 0.1) is 0 Å². The van der Waals surface area contributed by atoms with E-state index in [0.29, 0.717) is 11.1 Å². The van der Waals surface area contributed by atoms with Gasteiger partial charge in [0.1, 0.15) is 17.2 Å². The van der Waals surface area contributed by atoms with Gasteiger partial charge in [-0.15, -0.1) is 0 Å². The molecule has 2 rings (SSSR count). The maximum absolute atomic E-state index is 11.6. The second-order valence-corrected chi connectivity index (χ2v) is 4.38. The van der Waals surface area contributed by atoms with E-state index >= 15 is 0 Å². The molecule has 6 heteroatoms. The number of hydrogen-bond acceptors (Lipinski definition) is 5. The molecule has 0 spiro atoms. The Bertz CT molecular complexity index is 683. The third kappa shape index (κ3) is 4.24. The van der Waals surface area contributed by atoms with Gasteiger partial charge in [-0.2, -0.15) is 5.10 Å². The largest absolute Gasteiger partial charge is 0.508 e. The molecule has 0 bridgehead atoms. The van der Waals surface area contributed by atoms with Gasteiger partial charge in [0.15, 0.2) is 0 Å².